The molecule has 0 unspecified atom stereocenters. The van der Waals surface area contributed by atoms with Gasteiger partial charge in [-0.2, -0.15) is 0 Å². The number of hydrogen-bond donors (Lipinski definition) is 0. The summed E-state index contributed by atoms with van der Waals surface area (Å²) < 4.78 is 0. The van der Waals surface area contributed by atoms with Gasteiger partial charge in [-0.3, -0.25) is 0 Å². The van der Waals surface area contributed by atoms with Gasteiger partial charge in [0.15, 0.2) is 0 Å². The van der Waals surface area contributed by atoms with Crippen molar-refractivity contribution in [3.8, 4) is 0 Å². The van der Waals surface area contributed by atoms with Crippen LogP contribution >= 0.6 is 0 Å². The SMILES string of the molecule is C=C/C=N/OCC. The van der Waals surface area contributed by atoms with Gasteiger partial charge in [0, 0.05) is 0 Å². The summed E-state index contributed by atoms with van der Waals surface area (Å²) in [5.41, 5.74) is 0. The van der Waals surface area contributed by atoms with Crippen molar-refractivity contribution in [2.24, 2.45) is 5.16 Å². The molecule has 0 aromatic rings. The Balaban J connectivity index is 2.92. The Hall–Kier alpha value is -0.790. The third kappa shape index (κ3) is 5.21. The van der Waals surface area contributed by atoms with Crippen LogP contribution in [-0.4, -0.2) is 12.8 Å². The van der Waals surface area contributed by atoms with E-state index in [0.29, 0.717) is 6.61 Å². The second-order valence-electron chi connectivity index (χ2n) is 0.908. The Kier molecular flexibility index (Phi) is 4.62. The van der Waals surface area contributed by atoms with Crippen LogP contribution < -0.4 is 0 Å². The molecule has 0 atom stereocenters. The van der Waals surface area contributed by atoms with E-state index in [2.05, 4.69) is 16.6 Å². The Bertz CT molecular complexity index is 68.5. The van der Waals surface area contributed by atoms with Crippen molar-refractivity contribution in [1.29, 1.82) is 0 Å². The van der Waals surface area contributed by atoms with E-state index in [4.69, 9.17) is 0 Å². The molecule has 7 heavy (non-hydrogen) atoms. The third-order valence-corrected chi connectivity index (χ3v) is 0.370. The number of hydrogen-bond acceptors (Lipinski definition) is 2. The summed E-state index contributed by atoms with van der Waals surface area (Å²) in [6, 6.07) is 0. The maximum atomic E-state index is 4.57. The second-order valence-corrected chi connectivity index (χ2v) is 0.908. The lowest BCUT2D eigenvalue weighted by Gasteiger charge is -1.85. The van der Waals surface area contributed by atoms with E-state index in [0.717, 1.165) is 0 Å². The van der Waals surface area contributed by atoms with Gasteiger partial charge in [0.25, 0.3) is 0 Å². The van der Waals surface area contributed by atoms with Crippen LogP contribution in [0, 0.1) is 0 Å². The zero-order chi connectivity index (χ0) is 5.54. The minimum atomic E-state index is 0.615. The van der Waals surface area contributed by atoms with Crippen molar-refractivity contribution in [2.45, 2.75) is 6.92 Å². The first-order chi connectivity index (χ1) is 3.41. The highest BCUT2D eigenvalue weighted by Gasteiger charge is 1.62. The highest BCUT2D eigenvalue weighted by molar-refractivity contribution is 5.69. The molecule has 0 amide bonds. The molecule has 0 N–H and O–H groups in total. The zero-order valence-electron chi connectivity index (χ0n) is 4.42. The molecule has 0 rings (SSSR count). The highest BCUT2D eigenvalue weighted by Crippen LogP contribution is 1.69. The first kappa shape index (κ1) is 6.21. The van der Waals surface area contributed by atoms with Crippen molar-refractivity contribution in [3.63, 3.8) is 0 Å². The Morgan fingerprint density at radius 3 is 3.00 bits per heavy atom. The molecule has 0 spiro atoms. The third-order valence-electron chi connectivity index (χ3n) is 0.370. The van der Waals surface area contributed by atoms with Gasteiger partial charge in [0.1, 0.15) is 6.61 Å². The van der Waals surface area contributed by atoms with Crippen LogP contribution in [-0.2, 0) is 4.84 Å². The van der Waals surface area contributed by atoms with Crippen molar-refractivity contribution in [1.82, 2.24) is 0 Å². The quantitative estimate of drug-likeness (QED) is 0.384. The summed E-state index contributed by atoms with van der Waals surface area (Å²) in [6.07, 6.45) is 3.07. The Morgan fingerprint density at radius 1 is 1.86 bits per heavy atom. The summed E-state index contributed by atoms with van der Waals surface area (Å²) in [7, 11) is 0. The van der Waals surface area contributed by atoms with E-state index in [9.17, 15) is 0 Å². The van der Waals surface area contributed by atoms with Crippen LogP contribution in [0.15, 0.2) is 17.8 Å². The molecule has 0 fully saturated rings. The first-order valence-corrected chi connectivity index (χ1v) is 2.18. The standard InChI is InChI=1S/C5H9NO/c1-3-5-6-7-4-2/h3,5H,1,4H2,2H3/b6-5+. The van der Waals surface area contributed by atoms with Crippen LogP contribution in [0.25, 0.3) is 0 Å². The van der Waals surface area contributed by atoms with E-state index in [1.165, 1.54) is 6.21 Å². The van der Waals surface area contributed by atoms with Crippen LogP contribution in [0.2, 0.25) is 0 Å². The maximum absolute atomic E-state index is 4.57. The van der Waals surface area contributed by atoms with E-state index in [1.54, 1.807) is 6.08 Å². The molecular weight excluding hydrogens is 90.1 g/mol. The summed E-state index contributed by atoms with van der Waals surface area (Å²) in [4.78, 5) is 4.57. The van der Waals surface area contributed by atoms with Crippen LogP contribution in [0.1, 0.15) is 6.92 Å². The van der Waals surface area contributed by atoms with Crippen LogP contribution in [0.3, 0.4) is 0 Å². The van der Waals surface area contributed by atoms with Gasteiger partial charge in [-0.15, -0.1) is 0 Å². The number of nitrogens with zero attached hydrogens (tertiary/aromatic N) is 1. The summed E-state index contributed by atoms with van der Waals surface area (Å²) in [6.45, 7) is 5.89. The second kappa shape index (κ2) is 5.21. The van der Waals surface area contributed by atoms with Gasteiger partial charge in [-0.1, -0.05) is 11.7 Å². The number of rotatable bonds is 3. The fraction of sp³-hybridized carbons (Fsp3) is 0.400. The summed E-state index contributed by atoms with van der Waals surface area (Å²) >= 11 is 0. The number of allylic oxidation sites excluding steroid dienone is 1. The summed E-state index contributed by atoms with van der Waals surface area (Å²) in [5.74, 6) is 0. The lowest BCUT2D eigenvalue weighted by molar-refractivity contribution is 0.160. The van der Waals surface area contributed by atoms with Gasteiger partial charge in [0.2, 0.25) is 0 Å². The number of oxime groups is 1. The molecule has 0 heterocycles. The molecular formula is C5H9NO. The Morgan fingerprint density at radius 2 is 2.57 bits per heavy atom. The van der Waals surface area contributed by atoms with Gasteiger partial charge in [-0.25, -0.2) is 0 Å². The molecule has 0 saturated carbocycles. The first-order valence-electron chi connectivity index (χ1n) is 2.18. The van der Waals surface area contributed by atoms with Crippen molar-refractivity contribution < 1.29 is 4.84 Å². The molecule has 0 bridgehead atoms. The molecule has 0 aliphatic heterocycles. The van der Waals surface area contributed by atoms with Crippen LogP contribution in [0.5, 0.6) is 0 Å². The predicted molar refractivity (Wildman–Crippen MR) is 30.3 cm³/mol. The van der Waals surface area contributed by atoms with Crippen LogP contribution in [0.4, 0.5) is 0 Å². The van der Waals surface area contributed by atoms with E-state index < -0.39 is 0 Å². The monoisotopic (exact) mass is 99.1 g/mol. The van der Waals surface area contributed by atoms with Crippen molar-refractivity contribution >= 4 is 6.21 Å². The van der Waals surface area contributed by atoms with Gasteiger partial charge >= 0.3 is 0 Å². The molecule has 2 nitrogen and oxygen atoms in total. The van der Waals surface area contributed by atoms with Gasteiger partial charge < -0.3 is 4.84 Å². The van der Waals surface area contributed by atoms with Crippen molar-refractivity contribution in [3.05, 3.63) is 12.7 Å². The van der Waals surface area contributed by atoms with Gasteiger partial charge in [0.05, 0.1) is 6.21 Å². The molecule has 40 valence electrons. The molecule has 0 saturated heterocycles. The summed E-state index contributed by atoms with van der Waals surface area (Å²) in [5, 5.41) is 3.47. The molecule has 0 radical (unpaired) electrons. The van der Waals surface area contributed by atoms with E-state index in [1.807, 2.05) is 6.92 Å². The van der Waals surface area contributed by atoms with E-state index >= 15 is 0 Å². The normalized spacial score (nSPS) is 9.29. The molecule has 0 aromatic heterocycles. The van der Waals surface area contributed by atoms with Gasteiger partial charge in [-0.05, 0) is 13.0 Å². The fourth-order valence-corrected chi connectivity index (χ4v) is 0.161. The smallest absolute Gasteiger partial charge is 0.114 e. The predicted octanol–water partition coefficient (Wildman–Crippen LogP) is 1.19. The zero-order valence-corrected chi connectivity index (χ0v) is 4.42. The fourth-order valence-electron chi connectivity index (χ4n) is 0.161. The molecule has 0 aliphatic rings. The minimum absolute atomic E-state index is 0.615. The topological polar surface area (TPSA) is 21.6 Å². The largest absolute Gasteiger partial charge is 0.396 e. The van der Waals surface area contributed by atoms with Crippen molar-refractivity contribution in [2.75, 3.05) is 6.61 Å². The lowest BCUT2D eigenvalue weighted by atomic mass is 10.7. The average Bonchev–Trinajstić information content (AvgIpc) is 1.69. The lowest BCUT2D eigenvalue weighted by Crippen LogP contribution is -1.76. The van der Waals surface area contributed by atoms with E-state index in [-0.39, 0.29) is 0 Å². The molecule has 0 aliphatic carbocycles. The average molecular weight is 99.1 g/mol. The maximum Gasteiger partial charge on any atom is 0.114 e. The molecule has 2 heteroatoms. The minimum Gasteiger partial charge on any atom is -0.396 e. The Labute approximate surface area is 43.5 Å². The highest BCUT2D eigenvalue weighted by atomic mass is 16.6. The molecule has 0 aromatic carbocycles.